The lowest BCUT2D eigenvalue weighted by Gasteiger charge is -2.26. The van der Waals surface area contributed by atoms with Crippen LogP contribution in [-0.2, 0) is 4.79 Å². The molecule has 4 heteroatoms. The lowest BCUT2D eigenvalue weighted by Crippen LogP contribution is -2.38. The SMILES string of the molecule is CCCC1(C(=O)Nc2cccc(C#N)c2)CCNC1. The fraction of sp³-hybridized carbons (Fsp3) is 0.467. The number of hydrogen-bond donors (Lipinski definition) is 2. The molecule has 1 amide bonds. The Morgan fingerprint density at radius 1 is 1.58 bits per heavy atom. The molecule has 0 saturated carbocycles. The summed E-state index contributed by atoms with van der Waals surface area (Å²) in [5, 5.41) is 15.1. The van der Waals surface area contributed by atoms with Gasteiger partial charge in [0.05, 0.1) is 17.0 Å². The molecule has 1 fully saturated rings. The first-order chi connectivity index (χ1) is 9.20. The second-order valence-electron chi connectivity index (χ2n) is 5.10. The standard InChI is InChI=1S/C15H19N3O/c1-2-6-15(7-8-17-11-15)14(19)18-13-5-3-4-12(9-13)10-16/h3-5,9,17H,2,6-8,11H2,1H3,(H,18,19). The summed E-state index contributed by atoms with van der Waals surface area (Å²) in [6.45, 7) is 3.74. The predicted molar refractivity (Wildman–Crippen MR) is 74.6 cm³/mol. The van der Waals surface area contributed by atoms with Crippen molar-refractivity contribution in [2.75, 3.05) is 18.4 Å². The monoisotopic (exact) mass is 257 g/mol. The highest BCUT2D eigenvalue weighted by Crippen LogP contribution is 2.32. The summed E-state index contributed by atoms with van der Waals surface area (Å²) in [6.07, 6.45) is 2.77. The smallest absolute Gasteiger partial charge is 0.231 e. The van der Waals surface area contributed by atoms with Crippen LogP contribution in [0.2, 0.25) is 0 Å². The summed E-state index contributed by atoms with van der Waals surface area (Å²) in [5.74, 6) is 0.0643. The molecule has 0 aliphatic carbocycles. The summed E-state index contributed by atoms with van der Waals surface area (Å²) in [4.78, 5) is 12.5. The fourth-order valence-electron chi connectivity index (χ4n) is 2.67. The van der Waals surface area contributed by atoms with Gasteiger partial charge in [0.2, 0.25) is 5.91 Å². The maximum Gasteiger partial charge on any atom is 0.231 e. The average molecular weight is 257 g/mol. The quantitative estimate of drug-likeness (QED) is 0.869. The van der Waals surface area contributed by atoms with Crippen LogP contribution in [0, 0.1) is 16.7 Å². The zero-order chi connectivity index (χ0) is 13.7. The van der Waals surface area contributed by atoms with Crippen LogP contribution in [0.25, 0.3) is 0 Å². The van der Waals surface area contributed by atoms with Gasteiger partial charge in [-0.2, -0.15) is 5.26 Å². The molecule has 1 aliphatic heterocycles. The molecule has 1 saturated heterocycles. The van der Waals surface area contributed by atoms with E-state index in [9.17, 15) is 4.79 Å². The van der Waals surface area contributed by atoms with Gasteiger partial charge in [-0.3, -0.25) is 4.79 Å². The zero-order valence-electron chi connectivity index (χ0n) is 11.2. The van der Waals surface area contributed by atoms with Crippen LogP contribution in [0.3, 0.4) is 0 Å². The maximum atomic E-state index is 12.5. The molecule has 0 aromatic heterocycles. The largest absolute Gasteiger partial charge is 0.326 e. The first-order valence-corrected chi connectivity index (χ1v) is 6.72. The molecule has 4 nitrogen and oxygen atoms in total. The second-order valence-corrected chi connectivity index (χ2v) is 5.10. The minimum atomic E-state index is -0.294. The lowest BCUT2D eigenvalue weighted by molar-refractivity contribution is -0.125. The molecule has 1 aromatic carbocycles. The van der Waals surface area contributed by atoms with E-state index in [1.807, 2.05) is 6.07 Å². The molecular formula is C15H19N3O. The number of rotatable bonds is 4. The van der Waals surface area contributed by atoms with E-state index in [1.54, 1.807) is 18.2 Å². The zero-order valence-corrected chi connectivity index (χ0v) is 11.2. The van der Waals surface area contributed by atoms with Crippen molar-refractivity contribution in [3.05, 3.63) is 29.8 Å². The first-order valence-electron chi connectivity index (χ1n) is 6.72. The Balaban J connectivity index is 2.13. The van der Waals surface area contributed by atoms with Gasteiger partial charge in [-0.25, -0.2) is 0 Å². The van der Waals surface area contributed by atoms with Crippen molar-refractivity contribution in [3.63, 3.8) is 0 Å². The molecule has 19 heavy (non-hydrogen) atoms. The Morgan fingerprint density at radius 2 is 2.42 bits per heavy atom. The maximum absolute atomic E-state index is 12.5. The van der Waals surface area contributed by atoms with Gasteiger partial charge >= 0.3 is 0 Å². The summed E-state index contributed by atoms with van der Waals surface area (Å²) in [7, 11) is 0. The van der Waals surface area contributed by atoms with Gasteiger partial charge in [-0.05, 0) is 37.6 Å². The minimum absolute atomic E-state index is 0.0643. The molecule has 1 unspecified atom stereocenters. The van der Waals surface area contributed by atoms with Crippen LogP contribution < -0.4 is 10.6 Å². The highest BCUT2D eigenvalue weighted by atomic mass is 16.2. The highest BCUT2D eigenvalue weighted by Gasteiger charge is 2.40. The third-order valence-corrected chi connectivity index (χ3v) is 3.70. The summed E-state index contributed by atoms with van der Waals surface area (Å²) < 4.78 is 0. The van der Waals surface area contributed by atoms with Crippen molar-refractivity contribution in [1.82, 2.24) is 5.32 Å². The topological polar surface area (TPSA) is 64.9 Å². The van der Waals surface area contributed by atoms with E-state index in [1.165, 1.54) is 0 Å². The van der Waals surface area contributed by atoms with Crippen LogP contribution in [0.5, 0.6) is 0 Å². The van der Waals surface area contributed by atoms with E-state index in [-0.39, 0.29) is 11.3 Å². The fourth-order valence-corrected chi connectivity index (χ4v) is 2.67. The Morgan fingerprint density at radius 3 is 3.05 bits per heavy atom. The highest BCUT2D eigenvalue weighted by molar-refractivity contribution is 5.95. The normalized spacial score (nSPS) is 21.9. The molecule has 1 aliphatic rings. The third-order valence-electron chi connectivity index (χ3n) is 3.70. The molecule has 0 bridgehead atoms. The number of nitriles is 1. The summed E-state index contributed by atoms with van der Waals surface area (Å²) in [6, 6.07) is 9.13. The van der Waals surface area contributed by atoms with Crippen molar-refractivity contribution < 1.29 is 4.79 Å². The molecule has 0 radical (unpaired) electrons. The van der Waals surface area contributed by atoms with Crippen LogP contribution in [0.4, 0.5) is 5.69 Å². The van der Waals surface area contributed by atoms with Gasteiger partial charge in [-0.1, -0.05) is 19.4 Å². The summed E-state index contributed by atoms with van der Waals surface area (Å²) in [5.41, 5.74) is 0.968. The minimum Gasteiger partial charge on any atom is -0.326 e. The van der Waals surface area contributed by atoms with E-state index >= 15 is 0 Å². The number of nitrogens with zero attached hydrogens (tertiary/aromatic N) is 1. The number of hydrogen-bond acceptors (Lipinski definition) is 3. The molecule has 0 spiro atoms. The number of carbonyl (C=O) groups excluding carboxylic acids is 1. The Hall–Kier alpha value is -1.86. The van der Waals surface area contributed by atoms with Gasteiger partial charge < -0.3 is 10.6 Å². The molecule has 2 rings (SSSR count). The second kappa shape index (κ2) is 5.85. The van der Waals surface area contributed by atoms with Gasteiger partial charge in [0.1, 0.15) is 0 Å². The van der Waals surface area contributed by atoms with Gasteiger partial charge in [-0.15, -0.1) is 0 Å². The molecule has 1 atom stereocenters. The van der Waals surface area contributed by atoms with Gasteiger partial charge in [0, 0.05) is 12.2 Å². The van der Waals surface area contributed by atoms with Crippen molar-refractivity contribution >= 4 is 11.6 Å². The Bertz CT molecular complexity index is 498. The van der Waals surface area contributed by atoms with E-state index in [0.717, 1.165) is 32.4 Å². The van der Waals surface area contributed by atoms with Crippen molar-refractivity contribution in [1.29, 1.82) is 5.26 Å². The van der Waals surface area contributed by atoms with Gasteiger partial charge in [0.25, 0.3) is 0 Å². The van der Waals surface area contributed by atoms with Crippen LogP contribution in [0.15, 0.2) is 24.3 Å². The Labute approximate surface area is 113 Å². The number of amides is 1. The number of nitrogens with one attached hydrogen (secondary N) is 2. The predicted octanol–water partition coefficient (Wildman–Crippen LogP) is 2.28. The summed E-state index contributed by atoms with van der Waals surface area (Å²) >= 11 is 0. The van der Waals surface area contributed by atoms with Crippen molar-refractivity contribution in [3.8, 4) is 6.07 Å². The number of anilines is 1. The Kier molecular flexibility index (Phi) is 4.18. The molecule has 100 valence electrons. The van der Waals surface area contributed by atoms with E-state index in [2.05, 4.69) is 23.6 Å². The van der Waals surface area contributed by atoms with Crippen molar-refractivity contribution in [2.24, 2.45) is 5.41 Å². The van der Waals surface area contributed by atoms with Gasteiger partial charge in [0.15, 0.2) is 0 Å². The molecule has 1 heterocycles. The van der Waals surface area contributed by atoms with E-state index in [0.29, 0.717) is 11.3 Å². The number of carbonyl (C=O) groups is 1. The lowest BCUT2D eigenvalue weighted by atomic mass is 9.81. The molecular weight excluding hydrogens is 238 g/mol. The molecule has 1 aromatic rings. The average Bonchev–Trinajstić information content (AvgIpc) is 2.89. The van der Waals surface area contributed by atoms with Crippen LogP contribution in [0.1, 0.15) is 31.7 Å². The van der Waals surface area contributed by atoms with Crippen LogP contribution in [-0.4, -0.2) is 19.0 Å². The van der Waals surface area contributed by atoms with E-state index < -0.39 is 0 Å². The number of benzene rings is 1. The first kappa shape index (κ1) is 13.6. The van der Waals surface area contributed by atoms with Crippen molar-refractivity contribution in [2.45, 2.75) is 26.2 Å². The molecule has 2 N–H and O–H groups in total. The van der Waals surface area contributed by atoms with E-state index in [4.69, 9.17) is 5.26 Å². The third kappa shape index (κ3) is 2.94. The van der Waals surface area contributed by atoms with Crippen LogP contribution >= 0.6 is 0 Å².